The van der Waals surface area contributed by atoms with Crippen molar-refractivity contribution in [2.24, 2.45) is 5.92 Å². The van der Waals surface area contributed by atoms with Crippen LogP contribution < -0.4 is 10.6 Å². The smallest absolute Gasteiger partial charge is 0.129 e. The van der Waals surface area contributed by atoms with Gasteiger partial charge >= 0.3 is 0 Å². The summed E-state index contributed by atoms with van der Waals surface area (Å²) in [5, 5.41) is 6.39. The fraction of sp³-hybridized carbons (Fsp3) is 0.600. The molecule has 0 bridgehead atoms. The maximum Gasteiger partial charge on any atom is 0.129 e. The van der Waals surface area contributed by atoms with Gasteiger partial charge in [-0.15, -0.1) is 12.4 Å². The molecule has 15 heavy (non-hydrogen) atoms. The molecule has 84 valence electrons. The van der Waals surface area contributed by atoms with Crippen LogP contribution in [0, 0.1) is 5.92 Å². The highest BCUT2D eigenvalue weighted by molar-refractivity contribution is 5.85. The summed E-state index contributed by atoms with van der Waals surface area (Å²) in [5.41, 5.74) is 1.14. The molecule has 0 saturated carbocycles. The summed E-state index contributed by atoms with van der Waals surface area (Å²) in [6, 6.07) is 2.03. The molecule has 1 fully saturated rings. The Hall–Kier alpha value is -0.870. The lowest BCUT2D eigenvalue weighted by molar-refractivity contribution is 0.571. The molecule has 1 atom stereocenters. The Morgan fingerprint density at radius 2 is 2.40 bits per heavy atom. The molecule has 1 saturated heterocycles. The zero-order chi connectivity index (χ0) is 9.80. The van der Waals surface area contributed by atoms with Crippen LogP contribution in [0.4, 0.5) is 5.82 Å². The van der Waals surface area contributed by atoms with Crippen molar-refractivity contribution in [2.45, 2.75) is 12.8 Å². The quantitative estimate of drug-likeness (QED) is 0.814. The zero-order valence-corrected chi connectivity index (χ0v) is 9.68. The van der Waals surface area contributed by atoms with Crippen molar-refractivity contribution in [1.29, 1.82) is 0 Å². The minimum atomic E-state index is 0. The van der Waals surface area contributed by atoms with E-state index in [2.05, 4.69) is 20.6 Å². The molecule has 1 aliphatic heterocycles. The third-order valence-electron chi connectivity index (χ3n) is 2.64. The highest BCUT2D eigenvalue weighted by Gasteiger charge is 2.15. The van der Waals surface area contributed by atoms with Gasteiger partial charge < -0.3 is 10.6 Å². The highest BCUT2D eigenvalue weighted by Crippen LogP contribution is 2.14. The summed E-state index contributed by atoms with van der Waals surface area (Å²) in [4.78, 5) is 8.37. The second kappa shape index (κ2) is 5.88. The standard InChI is InChI=1S/C10H16N4.ClH/c1-11-10-5-9(13-7-14-10)4-8-2-3-12-6-8;/h5,7-8,12H,2-4,6H2,1H3,(H,11,13,14);1H. The van der Waals surface area contributed by atoms with E-state index >= 15 is 0 Å². The largest absolute Gasteiger partial charge is 0.373 e. The third-order valence-corrected chi connectivity index (χ3v) is 2.64. The minimum Gasteiger partial charge on any atom is -0.373 e. The number of nitrogens with one attached hydrogen (secondary N) is 2. The topological polar surface area (TPSA) is 49.8 Å². The molecule has 0 radical (unpaired) electrons. The van der Waals surface area contributed by atoms with Gasteiger partial charge in [0.1, 0.15) is 12.1 Å². The second-order valence-electron chi connectivity index (χ2n) is 3.71. The van der Waals surface area contributed by atoms with E-state index in [1.54, 1.807) is 6.33 Å². The third kappa shape index (κ3) is 3.32. The predicted molar refractivity (Wildman–Crippen MR) is 63.5 cm³/mol. The monoisotopic (exact) mass is 228 g/mol. The molecule has 2 rings (SSSR count). The first-order valence-electron chi connectivity index (χ1n) is 5.08. The summed E-state index contributed by atoms with van der Waals surface area (Å²) in [7, 11) is 1.88. The van der Waals surface area contributed by atoms with E-state index < -0.39 is 0 Å². The highest BCUT2D eigenvalue weighted by atomic mass is 35.5. The number of anilines is 1. The summed E-state index contributed by atoms with van der Waals surface area (Å²) < 4.78 is 0. The summed E-state index contributed by atoms with van der Waals surface area (Å²) in [6.07, 6.45) is 3.95. The number of hydrogen-bond acceptors (Lipinski definition) is 4. The molecule has 2 N–H and O–H groups in total. The van der Waals surface area contributed by atoms with E-state index in [4.69, 9.17) is 0 Å². The first kappa shape index (κ1) is 12.2. The van der Waals surface area contributed by atoms with E-state index in [1.807, 2.05) is 13.1 Å². The van der Waals surface area contributed by atoms with Crippen molar-refractivity contribution in [3.8, 4) is 0 Å². The first-order chi connectivity index (χ1) is 6.88. The predicted octanol–water partition coefficient (Wildman–Crippen LogP) is 1.09. The fourth-order valence-corrected chi connectivity index (χ4v) is 1.83. The van der Waals surface area contributed by atoms with Crippen LogP contribution >= 0.6 is 12.4 Å². The molecule has 2 heterocycles. The van der Waals surface area contributed by atoms with Gasteiger partial charge in [-0.05, 0) is 31.8 Å². The summed E-state index contributed by atoms with van der Waals surface area (Å²) in [5.74, 6) is 1.65. The van der Waals surface area contributed by atoms with Crippen molar-refractivity contribution in [3.63, 3.8) is 0 Å². The molecule has 0 spiro atoms. The maximum absolute atomic E-state index is 4.27. The number of hydrogen-bond donors (Lipinski definition) is 2. The second-order valence-corrected chi connectivity index (χ2v) is 3.71. The van der Waals surface area contributed by atoms with Gasteiger partial charge in [0.2, 0.25) is 0 Å². The van der Waals surface area contributed by atoms with Gasteiger partial charge in [-0.25, -0.2) is 9.97 Å². The van der Waals surface area contributed by atoms with E-state index in [1.165, 1.54) is 6.42 Å². The molecule has 4 nitrogen and oxygen atoms in total. The van der Waals surface area contributed by atoms with Crippen molar-refractivity contribution >= 4 is 18.2 Å². The lowest BCUT2D eigenvalue weighted by Gasteiger charge is -2.07. The Morgan fingerprint density at radius 1 is 1.53 bits per heavy atom. The van der Waals surface area contributed by atoms with Gasteiger partial charge in [0, 0.05) is 18.8 Å². The molecule has 0 amide bonds. The van der Waals surface area contributed by atoms with Crippen molar-refractivity contribution in [2.75, 3.05) is 25.5 Å². The van der Waals surface area contributed by atoms with Gasteiger partial charge in [-0.1, -0.05) is 0 Å². The average molecular weight is 229 g/mol. The Labute approximate surface area is 96.3 Å². The van der Waals surface area contributed by atoms with Crippen LogP contribution in [0.2, 0.25) is 0 Å². The van der Waals surface area contributed by atoms with Crippen LogP contribution in [0.1, 0.15) is 12.1 Å². The Balaban J connectivity index is 0.00000112. The van der Waals surface area contributed by atoms with Crippen molar-refractivity contribution in [3.05, 3.63) is 18.1 Å². The lowest BCUT2D eigenvalue weighted by Crippen LogP contribution is -2.11. The molecular weight excluding hydrogens is 212 g/mol. The number of rotatable bonds is 3. The summed E-state index contributed by atoms with van der Waals surface area (Å²) in [6.45, 7) is 2.27. The number of halogens is 1. The van der Waals surface area contributed by atoms with Gasteiger partial charge in [-0.2, -0.15) is 0 Å². The Morgan fingerprint density at radius 3 is 3.07 bits per heavy atom. The van der Waals surface area contributed by atoms with Gasteiger partial charge in [-0.3, -0.25) is 0 Å². The summed E-state index contributed by atoms with van der Waals surface area (Å²) >= 11 is 0. The molecule has 1 unspecified atom stereocenters. The maximum atomic E-state index is 4.27. The molecule has 1 aromatic heterocycles. The Bertz CT molecular complexity index is 299. The SMILES string of the molecule is CNc1cc(CC2CCNC2)ncn1.Cl. The number of aromatic nitrogens is 2. The van der Waals surface area contributed by atoms with Gasteiger partial charge in [0.15, 0.2) is 0 Å². The van der Waals surface area contributed by atoms with Crippen LogP contribution in [0.25, 0.3) is 0 Å². The van der Waals surface area contributed by atoms with Crippen molar-refractivity contribution < 1.29 is 0 Å². The van der Waals surface area contributed by atoms with Crippen LogP contribution in [0.3, 0.4) is 0 Å². The molecule has 1 aliphatic rings. The number of nitrogens with zero attached hydrogens (tertiary/aromatic N) is 2. The Kier molecular flexibility index (Phi) is 4.78. The molecule has 5 heteroatoms. The van der Waals surface area contributed by atoms with E-state index in [0.717, 1.165) is 36.9 Å². The van der Waals surface area contributed by atoms with E-state index in [9.17, 15) is 0 Å². The van der Waals surface area contributed by atoms with E-state index in [-0.39, 0.29) is 12.4 Å². The minimum absolute atomic E-state index is 0. The van der Waals surface area contributed by atoms with Crippen LogP contribution in [-0.4, -0.2) is 30.1 Å². The van der Waals surface area contributed by atoms with Crippen LogP contribution in [0.15, 0.2) is 12.4 Å². The average Bonchev–Trinajstić information content (AvgIpc) is 2.71. The van der Waals surface area contributed by atoms with Gasteiger partial charge in [0.05, 0.1) is 0 Å². The molecule has 0 aromatic carbocycles. The molecule has 1 aromatic rings. The van der Waals surface area contributed by atoms with Gasteiger partial charge in [0.25, 0.3) is 0 Å². The normalized spacial score (nSPS) is 19.7. The fourth-order valence-electron chi connectivity index (χ4n) is 1.83. The van der Waals surface area contributed by atoms with Crippen molar-refractivity contribution in [1.82, 2.24) is 15.3 Å². The molecule has 0 aliphatic carbocycles. The molecular formula is C10H17ClN4. The zero-order valence-electron chi connectivity index (χ0n) is 8.86. The van der Waals surface area contributed by atoms with E-state index in [0.29, 0.717) is 0 Å². The van der Waals surface area contributed by atoms with Crippen LogP contribution in [-0.2, 0) is 6.42 Å². The lowest BCUT2D eigenvalue weighted by atomic mass is 10.0. The first-order valence-corrected chi connectivity index (χ1v) is 5.08. The van der Waals surface area contributed by atoms with Crippen LogP contribution in [0.5, 0.6) is 0 Å².